The van der Waals surface area contributed by atoms with Gasteiger partial charge in [-0.3, -0.25) is 0 Å². The lowest BCUT2D eigenvalue weighted by atomic mass is 9.95. The summed E-state index contributed by atoms with van der Waals surface area (Å²) in [5.74, 6) is 1.87. The van der Waals surface area contributed by atoms with E-state index in [2.05, 4.69) is 28.8 Å². The van der Waals surface area contributed by atoms with Crippen molar-refractivity contribution in [3.05, 3.63) is 23.8 Å². The van der Waals surface area contributed by atoms with Gasteiger partial charge < -0.3 is 15.4 Å². The highest BCUT2D eigenvalue weighted by atomic mass is 16.5. The molecular weight excluding hydrogens is 248 g/mol. The zero-order valence-electron chi connectivity index (χ0n) is 12.3. The van der Waals surface area contributed by atoms with E-state index in [1.165, 1.54) is 56.4 Å². The number of ether oxygens (including phenoxy) is 1. The SMILES string of the molecule is c1cc2c(cc1OCCCC1CCCNC1)NCCC2. The fraction of sp³-hybridized carbons (Fsp3) is 0.647. The summed E-state index contributed by atoms with van der Waals surface area (Å²) in [6.45, 7) is 4.33. The Morgan fingerprint density at radius 1 is 1.20 bits per heavy atom. The number of aryl methyl sites for hydroxylation is 1. The first kappa shape index (κ1) is 13.7. The monoisotopic (exact) mass is 274 g/mol. The number of rotatable bonds is 5. The molecule has 0 spiro atoms. The molecule has 1 aromatic carbocycles. The maximum absolute atomic E-state index is 5.90. The van der Waals surface area contributed by atoms with Gasteiger partial charge in [0.15, 0.2) is 0 Å². The molecule has 1 unspecified atom stereocenters. The molecule has 0 bridgehead atoms. The summed E-state index contributed by atoms with van der Waals surface area (Å²) < 4.78 is 5.90. The molecule has 20 heavy (non-hydrogen) atoms. The first-order valence-corrected chi connectivity index (χ1v) is 8.12. The second-order valence-corrected chi connectivity index (χ2v) is 6.05. The molecule has 2 aliphatic heterocycles. The van der Waals surface area contributed by atoms with Crippen molar-refractivity contribution in [3.63, 3.8) is 0 Å². The van der Waals surface area contributed by atoms with E-state index in [0.717, 1.165) is 31.2 Å². The molecule has 0 amide bonds. The zero-order valence-corrected chi connectivity index (χ0v) is 12.3. The fourth-order valence-corrected chi connectivity index (χ4v) is 3.26. The summed E-state index contributed by atoms with van der Waals surface area (Å²) in [7, 11) is 0. The van der Waals surface area contributed by atoms with Gasteiger partial charge >= 0.3 is 0 Å². The van der Waals surface area contributed by atoms with Crippen molar-refractivity contribution in [2.24, 2.45) is 5.92 Å². The molecule has 3 rings (SSSR count). The Kier molecular flexibility index (Phi) is 4.80. The summed E-state index contributed by atoms with van der Waals surface area (Å²) in [5.41, 5.74) is 2.70. The Labute approximate surface area is 122 Å². The van der Waals surface area contributed by atoms with Gasteiger partial charge in [-0.2, -0.15) is 0 Å². The van der Waals surface area contributed by atoms with Gasteiger partial charge in [0.25, 0.3) is 0 Å². The molecule has 1 fully saturated rings. The van der Waals surface area contributed by atoms with Crippen LogP contribution in [0.1, 0.15) is 37.7 Å². The number of nitrogens with one attached hydrogen (secondary N) is 2. The molecule has 2 aliphatic rings. The van der Waals surface area contributed by atoms with Gasteiger partial charge in [-0.25, -0.2) is 0 Å². The van der Waals surface area contributed by atoms with E-state index in [1.807, 2.05) is 0 Å². The van der Waals surface area contributed by atoms with Crippen LogP contribution in [0.25, 0.3) is 0 Å². The van der Waals surface area contributed by atoms with Crippen LogP contribution in [0.2, 0.25) is 0 Å². The van der Waals surface area contributed by atoms with Gasteiger partial charge in [-0.15, -0.1) is 0 Å². The summed E-state index contributed by atoms with van der Waals surface area (Å²) >= 11 is 0. The lowest BCUT2D eigenvalue weighted by Crippen LogP contribution is -2.29. The third-order valence-corrected chi connectivity index (χ3v) is 4.44. The maximum atomic E-state index is 5.90. The van der Waals surface area contributed by atoms with Crippen molar-refractivity contribution in [2.45, 2.75) is 38.5 Å². The van der Waals surface area contributed by atoms with Crippen LogP contribution in [-0.4, -0.2) is 26.2 Å². The van der Waals surface area contributed by atoms with E-state index >= 15 is 0 Å². The first-order valence-electron chi connectivity index (χ1n) is 8.12. The zero-order chi connectivity index (χ0) is 13.6. The van der Waals surface area contributed by atoms with Gasteiger partial charge in [-0.05, 0) is 69.2 Å². The van der Waals surface area contributed by atoms with Crippen molar-refractivity contribution in [1.29, 1.82) is 0 Å². The predicted octanol–water partition coefficient (Wildman–Crippen LogP) is 3.20. The third-order valence-electron chi connectivity index (χ3n) is 4.44. The molecule has 3 heteroatoms. The van der Waals surface area contributed by atoms with E-state index in [-0.39, 0.29) is 0 Å². The van der Waals surface area contributed by atoms with Gasteiger partial charge in [-0.1, -0.05) is 6.07 Å². The highest BCUT2D eigenvalue weighted by molar-refractivity contribution is 5.56. The molecular formula is C17H26N2O. The van der Waals surface area contributed by atoms with Crippen LogP contribution in [-0.2, 0) is 6.42 Å². The largest absolute Gasteiger partial charge is 0.494 e. The van der Waals surface area contributed by atoms with Gasteiger partial charge in [0.2, 0.25) is 0 Å². The molecule has 1 saturated heterocycles. The van der Waals surface area contributed by atoms with Gasteiger partial charge in [0.05, 0.1) is 6.61 Å². The standard InChI is InChI=1S/C17H26N2O/c1-4-14(13-18-9-1)5-3-11-20-16-8-7-15-6-2-10-19-17(15)12-16/h7-8,12,14,18-19H,1-6,9-11,13H2. The van der Waals surface area contributed by atoms with E-state index < -0.39 is 0 Å². The quantitative estimate of drug-likeness (QED) is 0.809. The number of hydrogen-bond donors (Lipinski definition) is 2. The predicted molar refractivity (Wildman–Crippen MR) is 83.6 cm³/mol. The second kappa shape index (κ2) is 6.98. The molecule has 110 valence electrons. The van der Waals surface area contributed by atoms with Crippen LogP contribution in [0, 0.1) is 5.92 Å². The number of piperidine rings is 1. The molecule has 3 nitrogen and oxygen atoms in total. The number of anilines is 1. The van der Waals surface area contributed by atoms with Crippen LogP contribution < -0.4 is 15.4 Å². The summed E-state index contributed by atoms with van der Waals surface area (Å²) in [5, 5.41) is 6.94. The van der Waals surface area contributed by atoms with E-state index in [4.69, 9.17) is 4.74 Å². The Hall–Kier alpha value is -1.22. The number of fused-ring (bicyclic) bond motifs is 1. The lowest BCUT2D eigenvalue weighted by molar-refractivity contribution is 0.275. The molecule has 0 saturated carbocycles. The molecule has 0 aromatic heterocycles. The van der Waals surface area contributed by atoms with Crippen molar-refractivity contribution in [3.8, 4) is 5.75 Å². The smallest absolute Gasteiger partial charge is 0.121 e. The number of benzene rings is 1. The summed E-state index contributed by atoms with van der Waals surface area (Å²) in [4.78, 5) is 0. The second-order valence-electron chi connectivity index (χ2n) is 6.05. The highest BCUT2D eigenvalue weighted by Crippen LogP contribution is 2.26. The Bertz CT molecular complexity index is 427. The first-order chi connectivity index (χ1) is 9.92. The van der Waals surface area contributed by atoms with Gasteiger partial charge in [0, 0.05) is 18.3 Å². The van der Waals surface area contributed by atoms with E-state index in [9.17, 15) is 0 Å². The number of hydrogen-bond acceptors (Lipinski definition) is 3. The van der Waals surface area contributed by atoms with Crippen LogP contribution >= 0.6 is 0 Å². The van der Waals surface area contributed by atoms with Crippen molar-refractivity contribution in [1.82, 2.24) is 5.32 Å². The van der Waals surface area contributed by atoms with Crippen LogP contribution in [0.5, 0.6) is 5.75 Å². The molecule has 1 aromatic rings. The Morgan fingerprint density at radius 3 is 3.10 bits per heavy atom. The van der Waals surface area contributed by atoms with E-state index in [0.29, 0.717) is 0 Å². The maximum Gasteiger partial charge on any atom is 0.121 e. The van der Waals surface area contributed by atoms with Crippen LogP contribution in [0.3, 0.4) is 0 Å². The van der Waals surface area contributed by atoms with Crippen molar-refractivity contribution in [2.75, 3.05) is 31.6 Å². The molecule has 2 N–H and O–H groups in total. The van der Waals surface area contributed by atoms with Crippen LogP contribution in [0.15, 0.2) is 18.2 Å². The van der Waals surface area contributed by atoms with Crippen molar-refractivity contribution < 1.29 is 4.74 Å². The fourth-order valence-electron chi connectivity index (χ4n) is 3.26. The lowest BCUT2D eigenvalue weighted by Gasteiger charge is -2.22. The highest BCUT2D eigenvalue weighted by Gasteiger charge is 2.12. The average molecular weight is 274 g/mol. The molecule has 2 heterocycles. The van der Waals surface area contributed by atoms with Crippen LogP contribution in [0.4, 0.5) is 5.69 Å². The van der Waals surface area contributed by atoms with Gasteiger partial charge in [0.1, 0.15) is 5.75 Å². The summed E-state index contributed by atoms with van der Waals surface area (Å²) in [6, 6.07) is 6.49. The minimum atomic E-state index is 0.843. The third kappa shape index (κ3) is 3.66. The topological polar surface area (TPSA) is 33.3 Å². The van der Waals surface area contributed by atoms with E-state index in [1.54, 1.807) is 0 Å². The Morgan fingerprint density at radius 2 is 2.20 bits per heavy atom. The minimum Gasteiger partial charge on any atom is -0.494 e. The minimum absolute atomic E-state index is 0.843. The molecule has 0 aliphatic carbocycles. The average Bonchev–Trinajstić information content (AvgIpc) is 2.52. The molecule has 0 radical (unpaired) electrons. The normalized spacial score (nSPS) is 21.9. The Balaban J connectivity index is 1.41. The molecule has 1 atom stereocenters. The van der Waals surface area contributed by atoms with Crippen molar-refractivity contribution >= 4 is 5.69 Å². The summed E-state index contributed by atoms with van der Waals surface area (Å²) in [6.07, 6.45) is 7.60.